The zero-order chi connectivity index (χ0) is 18.3. The van der Waals surface area contributed by atoms with Crippen LogP contribution in [0.15, 0.2) is 48.5 Å². The normalized spacial score (nSPS) is 18.9. The summed E-state index contributed by atoms with van der Waals surface area (Å²) in [5.74, 6) is -1.86. The van der Waals surface area contributed by atoms with E-state index in [9.17, 15) is 19.5 Å². The minimum Gasteiger partial charge on any atom is -0.481 e. The highest BCUT2D eigenvalue weighted by Gasteiger charge is 2.36. The molecule has 26 heavy (non-hydrogen) atoms. The first-order chi connectivity index (χ1) is 12.6. The number of amides is 2. The number of carbonyl (C=O) groups excluding carboxylic acids is 2. The number of hydrogen-bond acceptors (Lipinski definition) is 3. The highest BCUT2D eigenvalue weighted by molar-refractivity contribution is 6.09. The molecule has 6 nitrogen and oxygen atoms in total. The maximum Gasteiger partial charge on any atom is 0.312 e. The number of carbonyl (C=O) groups is 3. The average molecular weight is 350 g/mol. The van der Waals surface area contributed by atoms with E-state index in [2.05, 4.69) is 0 Å². The third-order valence-corrected chi connectivity index (χ3v) is 4.99. The molecule has 0 radical (unpaired) electrons. The van der Waals surface area contributed by atoms with Crippen LogP contribution in [0.5, 0.6) is 0 Å². The molecule has 4 rings (SSSR count). The third kappa shape index (κ3) is 2.63. The van der Waals surface area contributed by atoms with Gasteiger partial charge >= 0.3 is 5.97 Å². The molecule has 2 aromatic carbocycles. The number of carboxylic acid groups (broad SMARTS) is 1. The molecule has 1 saturated heterocycles. The molecule has 2 aliphatic rings. The molecule has 2 heterocycles. The molecule has 0 saturated carbocycles. The Morgan fingerprint density at radius 2 is 1.88 bits per heavy atom. The molecule has 1 atom stereocenters. The van der Waals surface area contributed by atoms with E-state index in [0.29, 0.717) is 35.5 Å². The van der Waals surface area contributed by atoms with Crippen molar-refractivity contribution >= 4 is 29.2 Å². The van der Waals surface area contributed by atoms with Gasteiger partial charge in [-0.1, -0.05) is 24.3 Å². The number of rotatable bonds is 3. The molecule has 0 aliphatic carbocycles. The second kappa shape index (κ2) is 6.29. The first-order valence-electron chi connectivity index (χ1n) is 8.60. The van der Waals surface area contributed by atoms with Gasteiger partial charge < -0.3 is 14.9 Å². The summed E-state index contributed by atoms with van der Waals surface area (Å²) < 4.78 is 0. The summed E-state index contributed by atoms with van der Waals surface area (Å²) in [6, 6.07) is 14.1. The van der Waals surface area contributed by atoms with Crippen LogP contribution in [-0.4, -0.2) is 36.0 Å². The highest BCUT2D eigenvalue weighted by atomic mass is 16.4. The van der Waals surface area contributed by atoms with Crippen molar-refractivity contribution in [3.8, 4) is 0 Å². The molecule has 132 valence electrons. The van der Waals surface area contributed by atoms with Gasteiger partial charge in [0, 0.05) is 36.4 Å². The molecule has 1 unspecified atom stereocenters. The van der Waals surface area contributed by atoms with Crippen molar-refractivity contribution in [2.45, 2.75) is 18.8 Å². The lowest BCUT2D eigenvalue weighted by Gasteiger charge is -2.20. The Morgan fingerprint density at radius 3 is 2.62 bits per heavy atom. The van der Waals surface area contributed by atoms with Gasteiger partial charge in [0.1, 0.15) is 5.92 Å². The average Bonchev–Trinajstić information content (AvgIpc) is 3.25. The quantitative estimate of drug-likeness (QED) is 0.923. The molecule has 1 fully saturated rings. The van der Waals surface area contributed by atoms with Crippen LogP contribution in [0.2, 0.25) is 0 Å². The first-order valence-corrected chi connectivity index (χ1v) is 8.60. The van der Waals surface area contributed by atoms with Crippen LogP contribution in [0.4, 0.5) is 11.4 Å². The molecule has 2 amide bonds. The Kier molecular flexibility index (Phi) is 3.95. The van der Waals surface area contributed by atoms with Gasteiger partial charge in [0.25, 0.3) is 5.91 Å². The van der Waals surface area contributed by atoms with Gasteiger partial charge in [-0.25, -0.2) is 0 Å². The second-order valence-corrected chi connectivity index (χ2v) is 6.56. The zero-order valence-corrected chi connectivity index (χ0v) is 14.1. The van der Waals surface area contributed by atoms with Gasteiger partial charge in [0.2, 0.25) is 5.91 Å². The lowest BCUT2D eigenvalue weighted by molar-refractivity contribution is -0.138. The monoisotopic (exact) mass is 350 g/mol. The summed E-state index contributed by atoms with van der Waals surface area (Å²) in [6.45, 7) is 0.768. The Hall–Kier alpha value is -3.15. The van der Waals surface area contributed by atoms with Crippen LogP contribution in [-0.2, 0) is 9.59 Å². The number of nitrogens with zero attached hydrogens (tertiary/aromatic N) is 2. The van der Waals surface area contributed by atoms with Crippen LogP contribution >= 0.6 is 0 Å². The van der Waals surface area contributed by atoms with E-state index in [-0.39, 0.29) is 18.4 Å². The summed E-state index contributed by atoms with van der Waals surface area (Å²) in [4.78, 5) is 39.8. The van der Waals surface area contributed by atoms with Crippen molar-refractivity contribution in [2.75, 3.05) is 22.9 Å². The Balaban J connectivity index is 1.66. The van der Waals surface area contributed by atoms with Gasteiger partial charge in [0.05, 0.1) is 0 Å². The number of fused-ring (bicyclic) bond motifs is 1. The summed E-state index contributed by atoms with van der Waals surface area (Å²) >= 11 is 0. The number of para-hydroxylation sites is 1. The molecule has 6 heteroatoms. The van der Waals surface area contributed by atoms with Crippen molar-refractivity contribution in [1.82, 2.24) is 0 Å². The van der Waals surface area contributed by atoms with E-state index in [1.165, 1.54) is 4.90 Å². The molecule has 2 aliphatic heterocycles. The van der Waals surface area contributed by atoms with E-state index in [1.54, 1.807) is 47.4 Å². The van der Waals surface area contributed by atoms with Gasteiger partial charge in [-0.15, -0.1) is 0 Å². The largest absolute Gasteiger partial charge is 0.481 e. The summed E-state index contributed by atoms with van der Waals surface area (Å²) in [6.07, 6.45) is 1.34. The fraction of sp³-hybridized carbons (Fsp3) is 0.250. The van der Waals surface area contributed by atoms with Crippen LogP contribution in [0, 0.1) is 0 Å². The lowest BCUT2D eigenvalue weighted by Crippen LogP contribution is -2.31. The first kappa shape index (κ1) is 16.3. The number of anilines is 2. The van der Waals surface area contributed by atoms with Crippen molar-refractivity contribution in [1.29, 1.82) is 0 Å². The molecule has 0 spiro atoms. The van der Waals surface area contributed by atoms with E-state index in [1.807, 2.05) is 6.07 Å². The summed E-state index contributed by atoms with van der Waals surface area (Å²) in [5.41, 5.74) is 2.44. The smallest absolute Gasteiger partial charge is 0.312 e. The van der Waals surface area contributed by atoms with Crippen molar-refractivity contribution in [3.05, 3.63) is 59.7 Å². The topological polar surface area (TPSA) is 77.9 Å². The van der Waals surface area contributed by atoms with Crippen molar-refractivity contribution in [3.63, 3.8) is 0 Å². The minimum atomic E-state index is -0.941. The summed E-state index contributed by atoms with van der Waals surface area (Å²) in [5, 5.41) is 9.46. The number of carboxylic acids is 1. The third-order valence-electron chi connectivity index (χ3n) is 4.99. The predicted molar refractivity (Wildman–Crippen MR) is 96.5 cm³/mol. The van der Waals surface area contributed by atoms with Gasteiger partial charge in [-0.05, 0) is 36.2 Å². The fourth-order valence-corrected chi connectivity index (χ4v) is 3.69. The number of benzene rings is 2. The summed E-state index contributed by atoms with van der Waals surface area (Å²) in [7, 11) is 0. The van der Waals surface area contributed by atoms with Crippen molar-refractivity contribution in [2.24, 2.45) is 0 Å². The SMILES string of the molecule is O=C(O)C1CN(C(=O)c2cccc(N3CCCC3=O)c2)c2ccccc21. The fourth-order valence-electron chi connectivity index (χ4n) is 3.69. The molecular weight excluding hydrogens is 332 g/mol. The van der Waals surface area contributed by atoms with E-state index in [0.717, 1.165) is 6.42 Å². The molecule has 1 N–H and O–H groups in total. The highest BCUT2D eigenvalue weighted by Crippen LogP contribution is 2.37. The second-order valence-electron chi connectivity index (χ2n) is 6.56. The van der Waals surface area contributed by atoms with Gasteiger partial charge in [0.15, 0.2) is 0 Å². The van der Waals surface area contributed by atoms with Crippen LogP contribution in [0.1, 0.15) is 34.7 Å². The maximum atomic E-state index is 13.1. The molecule has 0 aromatic heterocycles. The Labute approximate surface area is 150 Å². The zero-order valence-electron chi connectivity index (χ0n) is 14.1. The molecule has 0 bridgehead atoms. The molecular formula is C20H18N2O4. The van der Waals surface area contributed by atoms with Gasteiger partial charge in [-0.2, -0.15) is 0 Å². The van der Waals surface area contributed by atoms with Crippen LogP contribution in [0.3, 0.4) is 0 Å². The maximum absolute atomic E-state index is 13.1. The number of hydrogen-bond donors (Lipinski definition) is 1. The van der Waals surface area contributed by atoms with Crippen LogP contribution < -0.4 is 9.80 Å². The lowest BCUT2D eigenvalue weighted by atomic mass is 10.0. The standard InChI is InChI=1S/C20H18N2O4/c23-18-9-4-10-21(18)14-6-3-5-13(11-14)19(24)22-12-16(20(25)26)15-7-1-2-8-17(15)22/h1-3,5-8,11,16H,4,9-10,12H2,(H,25,26). The number of aliphatic carboxylic acids is 1. The Bertz CT molecular complexity index is 908. The molecule has 2 aromatic rings. The van der Waals surface area contributed by atoms with Gasteiger partial charge in [-0.3, -0.25) is 14.4 Å². The van der Waals surface area contributed by atoms with E-state index in [4.69, 9.17) is 0 Å². The minimum absolute atomic E-state index is 0.0621. The van der Waals surface area contributed by atoms with Crippen LogP contribution in [0.25, 0.3) is 0 Å². The van der Waals surface area contributed by atoms with Crippen molar-refractivity contribution < 1.29 is 19.5 Å². The Morgan fingerprint density at radius 1 is 1.08 bits per heavy atom. The predicted octanol–water partition coefficient (Wildman–Crippen LogP) is 2.64. The van der Waals surface area contributed by atoms with E-state index < -0.39 is 11.9 Å². The van der Waals surface area contributed by atoms with E-state index >= 15 is 0 Å².